The van der Waals surface area contributed by atoms with E-state index < -0.39 is 0 Å². The highest BCUT2D eigenvalue weighted by Gasteiger charge is 2.27. The molecule has 138 valence electrons. The molecule has 0 bridgehead atoms. The molecular formula is C21H36O3. The number of aliphatic hydroxyl groups is 1. The summed E-state index contributed by atoms with van der Waals surface area (Å²) in [4.78, 5) is 11.3. The molecule has 3 heteroatoms. The molecule has 0 heterocycles. The molecule has 1 rings (SSSR count). The molecule has 0 aromatic carbocycles. The van der Waals surface area contributed by atoms with Gasteiger partial charge in [0.25, 0.3) is 0 Å². The van der Waals surface area contributed by atoms with Gasteiger partial charge in [0, 0.05) is 13.5 Å². The molecule has 0 spiro atoms. The summed E-state index contributed by atoms with van der Waals surface area (Å²) in [6.07, 6.45) is 21.0. The Morgan fingerprint density at radius 2 is 1.88 bits per heavy atom. The van der Waals surface area contributed by atoms with Crippen molar-refractivity contribution in [3.63, 3.8) is 0 Å². The van der Waals surface area contributed by atoms with E-state index in [0.717, 1.165) is 38.5 Å². The maximum Gasteiger partial charge on any atom is 0.303 e. The maximum absolute atomic E-state index is 11.3. The van der Waals surface area contributed by atoms with Crippen LogP contribution in [0.4, 0.5) is 0 Å². The van der Waals surface area contributed by atoms with Crippen LogP contribution in [-0.2, 0) is 9.53 Å². The predicted molar refractivity (Wildman–Crippen MR) is 99.8 cm³/mol. The molecule has 0 fully saturated rings. The largest absolute Gasteiger partial charge is 0.458 e. The van der Waals surface area contributed by atoms with E-state index in [-0.39, 0.29) is 17.5 Å². The molecule has 0 aliphatic heterocycles. The number of hydrogen-bond acceptors (Lipinski definition) is 3. The van der Waals surface area contributed by atoms with E-state index in [1.165, 1.54) is 39.0 Å². The SMILES string of the molecule is CCCCCC(/C=C/C1(CCCCCCO)CC=CC1)OC(C)=O. The van der Waals surface area contributed by atoms with E-state index in [0.29, 0.717) is 6.61 Å². The first-order valence-electron chi connectivity index (χ1n) is 9.74. The zero-order chi connectivity index (χ0) is 17.7. The van der Waals surface area contributed by atoms with Gasteiger partial charge in [-0.25, -0.2) is 0 Å². The highest BCUT2D eigenvalue weighted by atomic mass is 16.5. The first-order valence-corrected chi connectivity index (χ1v) is 9.74. The molecule has 1 aliphatic rings. The average Bonchev–Trinajstić information content (AvgIpc) is 3.01. The zero-order valence-corrected chi connectivity index (χ0v) is 15.6. The van der Waals surface area contributed by atoms with Crippen molar-refractivity contribution in [2.45, 2.75) is 90.6 Å². The number of carbonyl (C=O) groups is 1. The third kappa shape index (κ3) is 8.68. The Kier molecular flexibility index (Phi) is 10.7. The zero-order valence-electron chi connectivity index (χ0n) is 15.6. The standard InChI is InChI=1S/C21H36O3/c1-3-4-7-12-20(24-19(2)23)13-17-21(15-9-10-16-21)14-8-5-6-11-18-22/h9-10,13,17,20,22H,3-8,11-12,14-16,18H2,1-2H3/b17-13+. The quantitative estimate of drug-likeness (QED) is 0.281. The lowest BCUT2D eigenvalue weighted by atomic mass is 9.79. The Morgan fingerprint density at radius 1 is 1.17 bits per heavy atom. The Morgan fingerprint density at radius 3 is 2.50 bits per heavy atom. The Balaban J connectivity index is 2.54. The van der Waals surface area contributed by atoms with Crippen molar-refractivity contribution in [2.24, 2.45) is 5.41 Å². The van der Waals surface area contributed by atoms with Gasteiger partial charge in [-0.05, 0) is 50.0 Å². The first-order chi connectivity index (χ1) is 11.6. The van der Waals surface area contributed by atoms with Gasteiger partial charge in [-0.1, -0.05) is 57.3 Å². The molecule has 0 saturated heterocycles. The molecule has 0 radical (unpaired) electrons. The van der Waals surface area contributed by atoms with Gasteiger partial charge >= 0.3 is 5.97 Å². The third-order valence-electron chi connectivity index (χ3n) is 4.87. The number of esters is 1. The van der Waals surface area contributed by atoms with Gasteiger partial charge in [-0.15, -0.1) is 0 Å². The van der Waals surface area contributed by atoms with Crippen molar-refractivity contribution in [3.05, 3.63) is 24.3 Å². The lowest BCUT2D eigenvalue weighted by Crippen LogP contribution is -2.18. The number of unbranched alkanes of at least 4 members (excludes halogenated alkanes) is 5. The van der Waals surface area contributed by atoms with E-state index >= 15 is 0 Å². The van der Waals surface area contributed by atoms with Gasteiger partial charge in [0.15, 0.2) is 0 Å². The number of aliphatic hydroxyl groups excluding tert-OH is 1. The summed E-state index contributed by atoms with van der Waals surface area (Å²) in [6, 6.07) is 0. The maximum atomic E-state index is 11.3. The second-order valence-electron chi connectivity index (χ2n) is 7.13. The number of carbonyl (C=O) groups excluding carboxylic acids is 1. The number of hydrogen-bond donors (Lipinski definition) is 1. The highest BCUT2D eigenvalue weighted by molar-refractivity contribution is 5.66. The molecule has 0 aromatic heterocycles. The van der Waals surface area contributed by atoms with Gasteiger partial charge in [0.05, 0.1) is 0 Å². The van der Waals surface area contributed by atoms with Crippen LogP contribution in [0, 0.1) is 5.41 Å². The summed E-state index contributed by atoms with van der Waals surface area (Å²) >= 11 is 0. The van der Waals surface area contributed by atoms with E-state index in [9.17, 15) is 4.79 Å². The van der Waals surface area contributed by atoms with Crippen molar-refractivity contribution >= 4 is 5.97 Å². The molecular weight excluding hydrogens is 300 g/mol. The summed E-state index contributed by atoms with van der Waals surface area (Å²) in [5, 5.41) is 8.87. The summed E-state index contributed by atoms with van der Waals surface area (Å²) < 4.78 is 5.49. The lowest BCUT2D eigenvalue weighted by Gasteiger charge is -2.26. The normalized spacial score (nSPS) is 17.5. The molecule has 1 atom stereocenters. The van der Waals surface area contributed by atoms with Crippen LogP contribution in [0.2, 0.25) is 0 Å². The Hall–Kier alpha value is -1.09. The molecule has 3 nitrogen and oxygen atoms in total. The van der Waals surface area contributed by atoms with Crippen LogP contribution >= 0.6 is 0 Å². The van der Waals surface area contributed by atoms with Crippen LogP contribution in [-0.4, -0.2) is 23.8 Å². The van der Waals surface area contributed by atoms with Gasteiger partial charge in [-0.3, -0.25) is 4.79 Å². The second kappa shape index (κ2) is 12.3. The van der Waals surface area contributed by atoms with Gasteiger partial charge < -0.3 is 9.84 Å². The summed E-state index contributed by atoms with van der Waals surface area (Å²) in [5.41, 5.74) is 0.211. The molecule has 0 amide bonds. The number of allylic oxidation sites excluding steroid dienone is 3. The third-order valence-corrected chi connectivity index (χ3v) is 4.87. The Bertz CT molecular complexity index is 390. The van der Waals surface area contributed by atoms with Crippen LogP contribution in [0.25, 0.3) is 0 Å². The minimum Gasteiger partial charge on any atom is -0.458 e. The van der Waals surface area contributed by atoms with Gasteiger partial charge in [0.2, 0.25) is 0 Å². The van der Waals surface area contributed by atoms with E-state index in [1.54, 1.807) is 0 Å². The van der Waals surface area contributed by atoms with Crippen LogP contribution in [0.15, 0.2) is 24.3 Å². The fourth-order valence-electron chi connectivity index (χ4n) is 3.40. The van der Waals surface area contributed by atoms with Crippen LogP contribution in [0.1, 0.15) is 84.5 Å². The lowest BCUT2D eigenvalue weighted by molar-refractivity contribution is -0.144. The molecule has 0 aromatic rings. The summed E-state index contributed by atoms with van der Waals surface area (Å²) in [7, 11) is 0. The Labute approximate surface area is 148 Å². The van der Waals surface area contributed by atoms with E-state index in [4.69, 9.17) is 9.84 Å². The minimum absolute atomic E-state index is 0.0825. The fourth-order valence-corrected chi connectivity index (χ4v) is 3.40. The molecule has 0 saturated carbocycles. The fraction of sp³-hybridized carbons (Fsp3) is 0.762. The van der Waals surface area contributed by atoms with Crippen LogP contribution in [0.3, 0.4) is 0 Å². The highest BCUT2D eigenvalue weighted by Crippen LogP contribution is 2.40. The number of ether oxygens (including phenoxy) is 1. The van der Waals surface area contributed by atoms with Crippen molar-refractivity contribution in [1.82, 2.24) is 0 Å². The van der Waals surface area contributed by atoms with Crippen LogP contribution in [0.5, 0.6) is 0 Å². The summed E-state index contributed by atoms with van der Waals surface area (Å²) in [6.45, 7) is 3.98. The predicted octanol–water partition coefficient (Wildman–Crippen LogP) is 5.33. The van der Waals surface area contributed by atoms with Crippen molar-refractivity contribution in [1.29, 1.82) is 0 Å². The first kappa shape index (κ1) is 21.0. The van der Waals surface area contributed by atoms with Gasteiger partial charge in [0.1, 0.15) is 6.10 Å². The monoisotopic (exact) mass is 336 g/mol. The number of rotatable bonds is 13. The van der Waals surface area contributed by atoms with Crippen molar-refractivity contribution < 1.29 is 14.6 Å². The van der Waals surface area contributed by atoms with Crippen molar-refractivity contribution in [3.8, 4) is 0 Å². The summed E-state index contributed by atoms with van der Waals surface area (Å²) in [5.74, 6) is -0.191. The molecule has 24 heavy (non-hydrogen) atoms. The van der Waals surface area contributed by atoms with Crippen LogP contribution < -0.4 is 0 Å². The van der Waals surface area contributed by atoms with E-state index in [1.807, 2.05) is 0 Å². The molecule has 1 unspecified atom stereocenters. The van der Waals surface area contributed by atoms with E-state index in [2.05, 4.69) is 31.2 Å². The van der Waals surface area contributed by atoms with Crippen molar-refractivity contribution in [2.75, 3.05) is 6.61 Å². The molecule has 1 aliphatic carbocycles. The molecule has 1 N–H and O–H groups in total. The average molecular weight is 337 g/mol. The smallest absolute Gasteiger partial charge is 0.303 e. The second-order valence-corrected chi connectivity index (χ2v) is 7.13. The van der Waals surface area contributed by atoms with Gasteiger partial charge in [-0.2, -0.15) is 0 Å². The minimum atomic E-state index is -0.191. The topological polar surface area (TPSA) is 46.5 Å².